The number of methoxy groups -OCH3 is 1. The molecule has 0 aliphatic rings. The average Bonchev–Trinajstić information content (AvgIpc) is 2.36. The first-order valence-electron chi connectivity index (χ1n) is 5.20. The van der Waals surface area contributed by atoms with Crippen molar-refractivity contribution in [1.29, 1.82) is 0 Å². The van der Waals surface area contributed by atoms with E-state index in [2.05, 4.69) is 4.74 Å². The van der Waals surface area contributed by atoms with E-state index < -0.39 is 11.8 Å². The van der Waals surface area contributed by atoms with Crippen molar-refractivity contribution in [2.24, 2.45) is 0 Å². The van der Waals surface area contributed by atoms with Gasteiger partial charge in [-0.25, -0.2) is 4.79 Å². The first kappa shape index (κ1) is 13.0. The zero-order valence-corrected chi connectivity index (χ0v) is 9.80. The summed E-state index contributed by atoms with van der Waals surface area (Å²) in [7, 11) is 1.58. The highest BCUT2D eigenvalue weighted by Crippen LogP contribution is 2.12. The van der Waals surface area contributed by atoms with Gasteiger partial charge in [-0.2, -0.15) is 0 Å². The Hall–Kier alpha value is -2.10. The monoisotopic (exact) mass is 234 g/mol. The molecule has 4 heteroatoms. The Morgan fingerprint density at radius 2 is 1.88 bits per heavy atom. The molecular formula is C13H14O4. The van der Waals surface area contributed by atoms with Crippen molar-refractivity contribution in [2.45, 2.75) is 6.92 Å². The maximum absolute atomic E-state index is 11.2. The number of rotatable bonds is 5. The van der Waals surface area contributed by atoms with E-state index in [0.29, 0.717) is 0 Å². The second-order valence-corrected chi connectivity index (χ2v) is 3.19. The minimum absolute atomic E-state index is 0.195. The molecule has 0 amide bonds. The fourth-order valence-corrected chi connectivity index (χ4v) is 1.16. The van der Waals surface area contributed by atoms with Crippen molar-refractivity contribution >= 4 is 17.8 Å². The van der Waals surface area contributed by atoms with Crippen molar-refractivity contribution in [1.82, 2.24) is 0 Å². The quantitative estimate of drug-likeness (QED) is 0.443. The van der Waals surface area contributed by atoms with Crippen molar-refractivity contribution in [3.63, 3.8) is 0 Å². The van der Waals surface area contributed by atoms with Crippen LogP contribution in [0.1, 0.15) is 12.5 Å². The van der Waals surface area contributed by atoms with Crippen molar-refractivity contribution < 1.29 is 19.1 Å². The average molecular weight is 234 g/mol. The van der Waals surface area contributed by atoms with Crippen LogP contribution in [0.25, 0.3) is 6.08 Å². The number of carbonyl (C=O) groups excluding carboxylic acids is 2. The van der Waals surface area contributed by atoms with E-state index in [1.165, 1.54) is 6.08 Å². The molecule has 0 saturated heterocycles. The number of hydrogen-bond donors (Lipinski definition) is 0. The lowest BCUT2D eigenvalue weighted by Gasteiger charge is -1.99. The van der Waals surface area contributed by atoms with Crippen LogP contribution in [0.3, 0.4) is 0 Å². The minimum atomic E-state index is -0.836. The molecule has 90 valence electrons. The van der Waals surface area contributed by atoms with E-state index in [1.807, 2.05) is 0 Å². The van der Waals surface area contributed by atoms with Crippen LogP contribution in [-0.4, -0.2) is 25.5 Å². The number of hydrogen-bond acceptors (Lipinski definition) is 4. The van der Waals surface area contributed by atoms with E-state index in [9.17, 15) is 9.59 Å². The molecule has 0 atom stereocenters. The molecule has 0 bridgehead atoms. The molecule has 0 heterocycles. The standard InChI is InChI=1S/C13H14O4/c1-3-17-13(15)12(14)9-6-10-4-7-11(16-2)8-5-10/h4-9H,3H2,1-2H3/b9-6+. The summed E-state index contributed by atoms with van der Waals surface area (Å²) in [6, 6.07) is 7.12. The Balaban J connectivity index is 2.63. The lowest BCUT2D eigenvalue weighted by molar-refractivity contribution is -0.151. The third-order valence-corrected chi connectivity index (χ3v) is 2.02. The second kappa shape index (κ2) is 6.48. The summed E-state index contributed by atoms with van der Waals surface area (Å²) in [6.45, 7) is 1.85. The van der Waals surface area contributed by atoms with Gasteiger partial charge in [-0.1, -0.05) is 18.2 Å². The largest absolute Gasteiger partial charge is 0.497 e. The van der Waals surface area contributed by atoms with Crippen LogP contribution in [0.4, 0.5) is 0 Å². The molecule has 0 radical (unpaired) electrons. The van der Waals surface area contributed by atoms with Gasteiger partial charge in [-0.3, -0.25) is 4.79 Å². The van der Waals surface area contributed by atoms with Crippen LogP contribution < -0.4 is 4.74 Å². The SMILES string of the molecule is CCOC(=O)C(=O)/C=C/c1ccc(OC)cc1. The van der Waals surface area contributed by atoms with E-state index in [-0.39, 0.29) is 6.61 Å². The molecule has 17 heavy (non-hydrogen) atoms. The zero-order valence-electron chi connectivity index (χ0n) is 9.80. The van der Waals surface area contributed by atoms with Gasteiger partial charge >= 0.3 is 5.97 Å². The molecule has 0 saturated carbocycles. The molecular weight excluding hydrogens is 220 g/mol. The lowest BCUT2D eigenvalue weighted by Crippen LogP contribution is -2.14. The van der Waals surface area contributed by atoms with Gasteiger partial charge < -0.3 is 9.47 Å². The summed E-state index contributed by atoms with van der Waals surface area (Å²) in [4.78, 5) is 22.3. The molecule has 0 aromatic heterocycles. The van der Waals surface area contributed by atoms with Gasteiger partial charge in [-0.15, -0.1) is 0 Å². The molecule has 0 aliphatic heterocycles. The molecule has 0 aliphatic carbocycles. The highest BCUT2D eigenvalue weighted by molar-refractivity contribution is 6.39. The molecule has 0 fully saturated rings. The van der Waals surface area contributed by atoms with Crippen LogP contribution in [0.15, 0.2) is 30.3 Å². The number of ketones is 1. The highest BCUT2D eigenvalue weighted by atomic mass is 16.5. The normalized spacial score (nSPS) is 10.2. The molecule has 1 aromatic carbocycles. The Morgan fingerprint density at radius 1 is 1.24 bits per heavy atom. The van der Waals surface area contributed by atoms with Gasteiger partial charge in [0.1, 0.15) is 5.75 Å². The van der Waals surface area contributed by atoms with Crippen LogP contribution >= 0.6 is 0 Å². The Kier molecular flexibility index (Phi) is 4.94. The van der Waals surface area contributed by atoms with Gasteiger partial charge in [0.2, 0.25) is 0 Å². The predicted octanol–water partition coefficient (Wildman–Crippen LogP) is 1.84. The molecule has 1 rings (SSSR count). The number of esters is 1. The van der Waals surface area contributed by atoms with Crippen molar-refractivity contribution in [2.75, 3.05) is 13.7 Å². The van der Waals surface area contributed by atoms with Crippen LogP contribution in [-0.2, 0) is 14.3 Å². The minimum Gasteiger partial charge on any atom is -0.497 e. The van der Waals surface area contributed by atoms with E-state index in [1.54, 1.807) is 44.4 Å². The van der Waals surface area contributed by atoms with Gasteiger partial charge in [0.25, 0.3) is 5.78 Å². The maximum Gasteiger partial charge on any atom is 0.379 e. The predicted molar refractivity (Wildman–Crippen MR) is 63.7 cm³/mol. The van der Waals surface area contributed by atoms with Gasteiger partial charge in [0.15, 0.2) is 0 Å². The molecule has 0 N–H and O–H groups in total. The lowest BCUT2D eigenvalue weighted by atomic mass is 10.2. The molecule has 0 spiro atoms. The highest BCUT2D eigenvalue weighted by Gasteiger charge is 2.09. The zero-order chi connectivity index (χ0) is 12.7. The smallest absolute Gasteiger partial charge is 0.379 e. The molecule has 1 aromatic rings. The number of ether oxygens (including phenoxy) is 2. The summed E-state index contributed by atoms with van der Waals surface area (Å²) in [5.74, 6) is -0.765. The van der Waals surface area contributed by atoms with E-state index in [0.717, 1.165) is 11.3 Å². The fourth-order valence-electron chi connectivity index (χ4n) is 1.16. The summed E-state index contributed by atoms with van der Waals surface area (Å²) < 4.78 is 9.57. The topological polar surface area (TPSA) is 52.6 Å². The third kappa shape index (κ3) is 4.10. The Bertz CT molecular complexity index is 418. The molecule has 4 nitrogen and oxygen atoms in total. The van der Waals surface area contributed by atoms with Crippen LogP contribution in [0.5, 0.6) is 5.75 Å². The first-order valence-corrected chi connectivity index (χ1v) is 5.20. The van der Waals surface area contributed by atoms with Gasteiger partial charge in [0.05, 0.1) is 13.7 Å². The first-order chi connectivity index (χ1) is 8.17. The number of benzene rings is 1. The second-order valence-electron chi connectivity index (χ2n) is 3.19. The molecule has 0 unspecified atom stereocenters. The Labute approximate surface area is 99.8 Å². The van der Waals surface area contributed by atoms with Crippen molar-refractivity contribution in [3.05, 3.63) is 35.9 Å². The summed E-state index contributed by atoms with van der Waals surface area (Å²) in [6.07, 6.45) is 2.75. The summed E-state index contributed by atoms with van der Waals surface area (Å²) in [5, 5.41) is 0. The maximum atomic E-state index is 11.2. The third-order valence-electron chi connectivity index (χ3n) is 2.02. The van der Waals surface area contributed by atoms with E-state index in [4.69, 9.17) is 4.74 Å². The Morgan fingerprint density at radius 3 is 2.41 bits per heavy atom. The van der Waals surface area contributed by atoms with E-state index >= 15 is 0 Å². The number of carbonyl (C=O) groups is 2. The summed E-state index contributed by atoms with van der Waals surface area (Å²) >= 11 is 0. The van der Waals surface area contributed by atoms with Gasteiger partial charge in [0, 0.05) is 0 Å². The van der Waals surface area contributed by atoms with Crippen LogP contribution in [0, 0.1) is 0 Å². The fraction of sp³-hybridized carbons (Fsp3) is 0.231. The summed E-state index contributed by atoms with van der Waals surface area (Å²) in [5.41, 5.74) is 0.809. The van der Waals surface area contributed by atoms with Crippen LogP contribution in [0.2, 0.25) is 0 Å². The van der Waals surface area contributed by atoms with Gasteiger partial charge in [-0.05, 0) is 30.7 Å². The van der Waals surface area contributed by atoms with Crippen molar-refractivity contribution in [3.8, 4) is 5.75 Å².